The highest BCUT2D eigenvalue weighted by Crippen LogP contribution is 2.44. The zero-order valence-electron chi connectivity index (χ0n) is 22.1. The number of halogens is 4. The van der Waals surface area contributed by atoms with Gasteiger partial charge in [0, 0.05) is 43.7 Å². The van der Waals surface area contributed by atoms with Gasteiger partial charge in [0.2, 0.25) is 0 Å². The first kappa shape index (κ1) is 27.4. The van der Waals surface area contributed by atoms with E-state index in [0.717, 1.165) is 4.68 Å². The Morgan fingerprint density at radius 1 is 0.878 bits per heavy atom. The molecule has 0 aliphatic carbocycles. The fourth-order valence-corrected chi connectivity index (χ4v) is 5.95. The van der Waals surface area contributed by atoms with Crippen LogP contribution in [0.15, 0.2) is 91.0 Å². The zero-order valence-corrected chi connectivity index (χ0v) is 22.9. The van der Waals surface area contributed by atoms with Crippen LogP contribution in [0.4, 0.5) is 19.0 Å². The highest BCUT2D eigenvalue weighted by Gasteiger charge is 2.47. The van der Waals surface area contributed by atoms with Crippen LogP contribution >= 0.6 is 11.6 Å². The van der Waals surface area contributed by atoms with E-state index in [4.69, 9.17) is 11.6 Å². The van der Waals surface area contributed by atoms with Gasteiger partial charge in [0.1, 0.15) is 5.82 Å². The summed E-state index contributed by atoms with van der Waals surface area (Å²) < 4.78 is 43.3. The van der Waals surface area contributed by atoms with Gasteiger partial charge in [0.15, 0.2) is 11.7 Å². The van der Waals surface area contributed by atoms with Gasteiger partial charge >= 0.3 is 6.18 Å². The van der Waals surface area contributed by atoms with Crippen molar-refractivity contribution in [2.24, 2.45) is 0 Å². The SMILES string of the molecule is O=C(c1cc2n(n1)[C@@H](C(F)(F)F)C[C@H](c1ccc(Cl)cc1)N2)N1CCN(C(c2ccccc2)c2ccccc2)CC1. The first-order valence-corrected chi connectivity index (χ1v) is 14.0. The Balaban J connectivity index is 1.20. The monoisotopic (exact) mass is 579 g/mol. The molecule has 6 nitrogen and oxygen atoms in total. The van der Waals surface area contributed by atoms with E-state index in [0.29, 0.717) is 36.8 Å². The molecule has 3 aromatic carbocycles. The van der Waals surface area contributed by atoms with Gasteiger partial charge < -0.3 is 10.2 Å². The quantitative estimate of drug-likeness (QED) is 0.284. The molecule has 2 aliphatic rings. The van der Waals surface area contributed by atoms with Gasteiger partial charge in [0.25, 0.3) is 5.91 Å². The topological polar surface area (TPSA) is 53.4 Å². The molecule has 212 valence electrons. The number of rotatable bonds is 5. The second-order valence-electron chi connectivity index (χ2n) is 10.5. The summed E-state index contributed by atoms with van der Waals surface area (Å²) in [6, 6.07) is 26.2. The molecule has 3 heterocycles. The van der Waals surface area contributed by atoms with Crippen LogP contribution < -0.4 is 5.32 Å². The lowest BCUT2D eigenvalue weighted by molar-refractivity contribution is -0.173. The molecule has 1 aromatic heterocycles. The number of aromatic nitrogens is 2. The predicted octanol–water partition coefficient (Wildman–Crippen LogP) is 6.74. The fourth-order valence-electron chi connectivity index (χ4n) is 5.82. The van der Waals surface area contributed by atoms with Crippen molar-refractivity contribution >= 4 is 23.3 Å². The summed E-state index contributed by atoms with van der Waals surface area (Å²) in [7, 11) is 0. The van der Waals surface area contributed by atoms with Crippen LogP contribution in [-0.2, 0) is 0 Å². The zero-order chi connectivity index (χ0) is 28.6. The third-order valence-electron chi connectivity index (χ3n) is 7.88. The smallest absolute Gasteiger partial charge is 0.363 e. The maximum Gasteiger partial charge on any atom is 0.410 e. The van der Waals surface area contributed by atoms with Gasteiger partial charge in [-0.1, -0.05) is 84.4 Å². The Kier molecular flexibility index (Phi) is 7.48. The summed E-state index contributed by atoms with van der Waals surface area (Å²) in [6.07, 6.45) is -4.77. The Hall–Kier alpha value is -3.82. The minimum Gasteiger partial charge on any atom is -0.363 e. The van der Waals surface area contributed by atoms with Crippen LogP contribution in [0.25, 0.3) is 0 Å². The highest BCUT2D eigenvalue weighted by molar-refractivity contribution is 6.30. The summed E-state index contributed by atoms with van der Waals surface area (Å²) in [5.74, 6) is -0.193. The molecule has 0 spiro atoms. The standard InChI is InChI=1S/C31H29ClF3N5O/c32-24-13-11-21(12-14-24)25-19-27(31(33,34)35)40-28(36-25)20-26(37-40)30(41)39-17-15-38(16-18-39)29(22-7-3-1-4-8-22)23-9-5-2-6-10-23/h1-14,20,25,27,29,36H,15-19H2/t25-,27-/m1/s1. The average molecular weight is 580 g/mol. The van der Waals surface area contributed by atoms with E-state index >= 15 is 0 Å². The number of alkyl halides is 3. The number of carbonyl (C=O) groups excluding carboxylic acids is 1. The van der Waals surface area contributed by atoms with Gasteiger partial charge in [-0.25, -0.2) is 4.68 Å². The molecule has 2 aliphatic heterocycles. The molecule has 0 saturated carbocycles. The van der Waals surface area contributed by atoms with E-state index in [2.05, 4.69) is 39.6 Å². The number of benzene rings is 3. The van der Waals surface area contributed by atoms with Crippen LogP contribution in [0.1, 0.15) is 51.7 Å². The molecule has 1 saturated heterocycles. The van der Waals surface area contributed by atoms with E-state index in [1.807, 2.05) is 36.4 Å². The van der Waals surface area contributed by atoms with Crippen molar-refractivity contribution < 1.29 is 18.0 Å². The Bertz CT molecular complexity index is 1450. The second kappa shape index (κ2) is 11.2. The number of fused-ring (bicyclic) bond motifs is 1. The summed E-state index contributed by atoms with van der Waals surface area (Å²) in [5, 5.41) is 7.83. The van der Waals surface area contributed by atoms with Gasteiger partial charge in [0.05, 0.1) is 12.1 Å². The van der Waals surface area contributed by atoms with E-state index in [9.17, 15) is 18.0 Å². The molecule has 41 heavy (non-hydrogen) atoms. The Morgan fingerprint density at radius 2 is 1.46 bits per heavy atom. The molecule has 0 radical (unpaired) electrons. The predicted molar refractivity (Wildman–Crippen MR) is 152 cm³/mol. The first-order chi connectivity index (χ1) is 19.8. The molecular formula is C31H29ClF3N5O. The van der Waals surface area contributed by atoms with E-state index in [1.165, 1.54) is 17.2 Å². The van der Waals surface area contributed by atoms with E-state index in [1.54, 1.807) is 29.2 Å². The first-order valence-electron chi connectivity index (χ1n) is 13.6. The summed E-state index contributed by atoms with van der Waals surface area (Å²) in [4.78, 5) is 17.5. The van der Waals surface area contributed by atoms with Crippen LogP contribution in [0.2, 0.25) is 5.02 Å². The highest BCUT2D eigenvalue weighted by atomic mass is 35.5. The number of carbonyl (C=O) groups is 1. The molecule has 0 unspecified atom stereocenters. The van der Waals surface area contributed by atoms with Crippen LogP contribution in [0, 0.1) is 0 Å². The lowest BCUT2D eigenvalue weighted by atomic mass is 9.96. The van der Waals surface area contributed by atoms with Crippen molar-refractivity contribution in [2.45, 2.75) is 30.7 Å². The number of amides is 1. The van der Waals surface area contributed by atoms with Crippen molar-refractivity contribution in [2.75, 3.05) is 31.5 Å². The van der Waals surface area contributed by atoms with Crippen molar-refractivity contribution in [1.82, 2.24) is 19.6 Å². The molecular weight excluding hydrogens is 551 g/mol. The molecule has 6 rings (SSSR count). The van der Waals surface area contributed by atoms with Crippen LogP contribution in [-0.4, -0.2) is 57.8 Å². The lowest BCUT2D eigenvalue weighted by Crippen LogP contribution is -2.50. The third kappa shape index (κ3) is 5.69. The molecule has 10 heteroatoms. The summed E-state index contributed by atoms with van der Waals surface area (Å²) >= 11 is 5.97. The number of hydrogen-bond acceptors (Lipinski definition) is 4. The normalized spacial score (nSPS) is 19.6. The van der Waals surface area contributed by atoms with Gasteiger partial charge in [-0.2, -0.15) is 18.3 Å². The van der Waals surface area contributed by atoms with Gasteiger partial charge in [-0.15, -0.1) is 0 Å². The fraction of sp³-hybridized carbons (Fsp3) is 0.290. The maximum absolute atomic E-state index is 14.1. The summed E-state index contributed by atoms with van der Waals surface area (Å²) in [6.45, 7) is 2.13. The number of piperazine rings is 1. The molecule has 0 bridgehead atoms. The minimum absolute atomic E-state index is 0.00891. The average Bonchev–Trinajstić information content (AvgIpc) is 3.42. The van der Waals surface area contributed by atoms with Crippen LogP contribution in [0.5, 0.6) is 0 Å². The van der Waals surface area contributed by atoms with Gasteiger partial charge in [-0.05, 0) is 28.8 Å². The van der Waals surface area contributed by atoms with Crippen molar-refractivity contribution in [3.05, 3.63) is 118 Å². The van der Waals surface area contributed by atoms with E-state index < -0.39 is 18.3 Å². The van der Waals surface area contributed by atoms with Crippen molar-refractivity contribution in [3.63, 3.8) is 0 Å². The molecule has 1 amide bonds. The number of nitrogens with zero attached hydrogens (tertiary/aromatic N) is 4. The van der Waals surface area contributed by atoms with Crippen molar-refractivity contribution in [1.29, 1.82) is 0 Å². The maximum atomic E-state index is 14.1. The minimum atomic E-state index is -4.52. The number of nitrogens with one attached hydrogen (secondary N) is 1. The van der Waals surface area contributed by atoms with Crippen molar-refractivity contribution in [3.8, 4) is 0 Å². The van der Waals surface area contributed by atoms with E-state index in [-0.39, 0.29) is 29.9 Å². The number of hydrogen-bond donors (Lipinski definition) is 1. The summed E-state index contributed by atoms with van der Waals surface area (Å²) in [5.41, 5.74) is 3.03. The Labute approximate surface area is 241 Å². The second-order valence-corrected chi connectivity index (χ2v) is 10.9. The number of anilines is 1. The molecule has 2 atom stereocenters. The van der Waals surface area contributed by atoms with Gasteiger partial charge in [-0.3, -0.25) is 9.69 Å². The largest absolute Gasteiger partial charge is 0.410 e. The van der Waals surface area contributed by atoms with Crippen LogP contribution in [0.3, 0.4) is 0 Å². The third-order valence-corrected chi connectivity index (χ3v) is 8.13. The molecule has 4 aromatic rings. The molecule has 1 fully saturated rings. The Morgan fingerprint density at radius 3 is 2.02 bits per heavy atom. The lowest BCUT2D eigenvalue weighted by Gasteiger charge is -2.39. The molecule has 1 N–H and O–H groups in total.